The number of aromatic nitrogens is 1. The van der Waals surface area contributed by atoms with E-state index in [1.807, 2.05) is 12.1 Å². The lowest BCUT2D eigenvalue weighted by molar-refractivity contribution is 0.204. The van der Waals surface area contributed by atoms with Crippen molar-refractivity contribution in [2.75, 3.05) is 7.11 Å². The van der Waals surface area contributed by atoms with E-state index < -0.39 is 6.10 Å². The van der Waals surface area contributed by atoms with Gasteiger partial charge in [0.05, 0.1) is 7.11 Å². The number of hydrogen-bond donors (Lipinski definition) is 1. The molecule has 1 atom stereocenters. The van der Waals surface area contributed by atoms with Crippen LogP contribution in [0, 0.1) is 0 Å². The second-order valence-electron chi connectivity index (χ2n) is 4.38. The summed E-state index contributed by atoms with van der Waals surface area (Å²) in [6, 6.07) is 3.71. The van der Waals surface area contributed by atoms with Gasteiger partial charge in [0.2, 0.25) is 5.88 Å². The van der Waals surface area contributed by atoms with Crippen LogP contribution in [0.5, 0.6) is 5.88 Å². The van der Waals surface area contributed by atoms with E-state index in [0.717, 1.165) is 30.4 Å². The van der Waals surface area contributed by atoms with Gasteiger partial charge in [-0.05, 0) is 43.4 Å². The number of aliphatic hydroxyl groups excluding tert-OH is 1. The summed E-state index contributed by atoms with van der Waals surface area (Å²) in [5, 5.41) is 10.4. The maximum absolute atomic E-state index is 10.4. The van der Waals surface area contributed by atoms with Gasteiger partial charge in [-0.2, -0.15) is 0 Å². The van der Waals surface area contributed by atoms with Crippen LogP contribution in [0.2, 0.25) is 0 Å². The molecule has 1 unspecified atom stereocenters. The number of hydrogen-bond acceptors (Lipinski definition) is 3. The van der Waals surface area contributed by atoms with Crippen molar-refractivity contribution in [1.82, 2.24) is 4.98 Å². The van der Waals surface area contributed by atoms with Gasteiger partial charge in [-0.3, -0.25) is 0 Å². The highest BCUT2D eigenvalue weighted by Crippen LogP contribution is 2.32. The Morgan fingerprint density at radius 3 is 3.06 bits per heavy atom. The fourth-order valence-electron chi connectivity index (χ4n) is 2.27. The van der Waals surface area contributed by atoms with E-state index in [-0.39, 0.29) is 0 Å². The average Bonchev–Trinajstić information content (AvgIpc) is 2.66. The molecule has 1 aliphatic rings. The van der Waals surface area contributed by atoms with E-state index in [2.05, 4.69) is 11.1 Å². The van der Waals surface area contributed by atoms with Crippen LogP contribution in [-0.4, -0.2) is 17.2 Å². The standard InChI is InChI=1S/C14H19NO2/c1-17-14-12(9-6-10-15-14)13(16)11-7-4-2-3-5-8-11/h6-7,9-10,13,16H,2-5,8H2,1H3. The van der Waals surface area contributed by atoms with E-state index >= 15 is 0 Å². The van der Waals surface area contributed by atoms with Gasteiger partial charge in [0, 0.05) is 11.8 Å². The SMILES string of the molecule is COc1ncccc1C(O)C1=CCCCCC1. The fraction of sp³-hybridized carbons (Fsp3) is 0.500. The lowest BCUT2D eigenvalue weighted by Crippen LogP contribution is -2.05. The van der Waals surface area contributed by atoms with Crippen LogP contribution in [0.25, 0.3) is 0 Å². The van der Waals surface area contributed by atoms with Gasteiger partial charge in [0.1, 0.15) is 6.10 Å². The van der Waals surface area contributed by atoms with Crippen LogP contribution in [0.1, 0.15) is 43.8 Å². The zero-order valence-corrected chi connectivity index (χ0v) is 10.2. The summed E-state index contributed by atoms with van der Waals surface area (Å²) in [5.41, 5.74) is 1.87. The minimum absolute atomic E-state index is 0.519. The molecule has 0 bridgehead atoms. The van der Waals surface area contributed by atoms with E-state index in [0.29, 0.717) is 5.88 Å². The molecule has 0 saturated carbocycles. The van der Waals surface area contributed by atoms with Crippen molar-refractivity contribution >= 4 is 0 Å². The quantitative estimate of drug-likeness (QED) is 0.816. The van der Waals surface area contributed by atoms with Crippen LogP contribution in [0.15, 0.2) is 30.0 Å². The first kappa shape index (κ1) is 12.1. The van der Waals surface area contributed by atoms with E-state index in [9.17, 15) is 5.11 Å². The molecule has 3 nitrogen and oxygen atoms in total. The Kier molecular flexibility index (Phi) is 4.15. The molecule has 1 aromatic rings. The monoisotopic (exact) mass is 233 g/mol. The fourth-order valence-corrected chi connectivity index (χ4v) is 2.27. The summed E-state index contributed by atoms with van der Waals surface area (Å²) in [7, 11) is 1.58. The molecule has 1 aromatic heterocycles. The molecule has 0 radical (unpaired) electrons. The van der Waals surface area contributed by atoms with Crippen LogP contribution in [-0.2, 0) is 0 Å². The summed E-state index contributed by atoms with van der Waals surface area (Å²) >= 11 is 0. The van der Waals surface area contributed by atoms with Crippen molar-refractivity contribution in [2.45, 2.75) is 38.2 Å². The molecule has 1 aliphatic carbocycles. The maximum atomic E-state index is 10.4. The zero-order valence-electron chi connectivity index (χ0n) is 10.2. The van der Waals surface area contributed by atoms with Gasteiger partial charge in [-0.15, -0.1) is 0 Å². The molecule has 1 N–H and O–H groups in total. The van der Waals surface area contributed by atoms with Crippen molar-refractivity contribution in [3.63, 3.8) is 0 Å². The number of pyridine rings is 1. The predicted octanol–water partition coefficient (Wildman–Crippen LogP) is 3.01. The van der Waals surface area contributed by atoms with Gasteiger partial charge in [0.25, 0.3) is 0 Å². The Labute approximate surface area is 102 Å². The number of aliphatic hydroxyl groups is 1. The van der Waals surface area contributed by atoms with Crippen molar-refractivity contribution in [2.24, 2.45) is 0 Å². The number of allylic oxidation sites excluding steroid dienone is 1. The molecule has 2 rings (SSSR count). The molecule has 3 heteroatoms. The molecule has 0 amide bonds. The van der Waals surface area contributed by atoms with Gasteiger partial charge in [-0.1, -0.05) is 12.5 Å². The highest BCUT2D eigenvalue weighted by Gasteiger charge is 2.18. The molecule has 0 fully saturated rings. The molecule has 1 heterocycles. The Hall–Kier alpha value is -1.35. The summed E-state index contributed by atoms with van der Waals surface area (Å²) < 4.78 is 5.19. The number of methoxy groups -OCH3 is 1. The van der Waals surface area contributed by atoms with Crippen molar-refractivity contribution in [3.05, 3.63) is 35.5 Å². The second kappa shape index (κ2) is 5.82. The molecule has 0 aromatic carbocycles. The average molecular weight is 233 g/mol. The van der Waals surface area contributed by atoms with Crippen molar-refractivity contribution in [1.29, 1.82) is 0 Å². The van der Waals surface area contributed by atoms with E-state index in [4.69, 9.17) is 4.74 Å². The molecule has 0 aliphatic heterocycles. The smallest absolute Gasteiger partial charge is 0.219 e. The molecule has 92 valence electrons. The minimum Gasteiger partial charge on any atom is -0.481 e. The number of nitrogens with zero attached hydrogens (tertiary/aromatic N) is 1. The zero-order chi connectivity index (χ0) is 12.1. The Bertz CT molecular complexity index is 401. The highest BCUT2D eigenvalue weighted by molar-refractivity contribution is 5.33. The molecular formula is C14H19NO2. The van der Waals surface area contributed by atoms with Crippen LogP contribution >= 0.6 is 0 Å². The van der Waals surface area contributed by atoms with E-state index in [1.54, 1.807) is 13.3 Å². The van der Waals surface area contributed by atoms with Gasteiger partial charge in [-0.25, -0.2) is 4.98 Å². The maximum Gasteiger partial charge on any atom is 0.219 e. The molecule has 0 saturated heterocycles. The van der Waals surface area contributed by atoms with E-state index in [1.165, 1.54) is 12.8 Å². The summed E-state index contributed by atoms with van der Waals surface area (Å²) in [4.78, 5) is 4.13. The first-order chi connectivity index (χ1) is 8.33. The largest absolute Gasteiger partial charge is 0.481 e. The Morgan fingerprint density at radius 2 is 2.24 bits per heavy atom. The third-order valence-electron chi connectivity index (χ3n) is 3.22. The summed E-state index contributed by atoms with van der Waals surface area (Å²) in [5.74, 6) is 0.519. The lowest BCUT2D eigenvalue weighted by atomic mass is 9.99. The van der Waals surface area contributed by atoms with Crippen molar-refractivity contribution < 1.29 is 9.84 Å². The summed E-state index contributed by atoms with van der Waals surface area (Å²) in [6.45, 7) is 0. The normalized spacial score (nSPS) is 18.1. The van der Waals surface area contributed by atoms with Gasteiger partial charge >= 0.3 is 0 Å². The van der Waals surface area contributed by atoms with Gasteiger partial charge < -0.3 is 9.84 Å². The van der Waals surface area contributed by atoms with Crippen LogP contribution < -0.4 is 4.74 Å². The number of rotatable bonds is 3. The number of ether oxygens (including phenoxy) is 1. The highest BCUT2D eigenvalue weighted by atomic mass is 16.5. The van der Waals surface area contributed by atoms with Crippen LogP contribution in [0.3, 0.4) is 0 Å². The Balaban J connectivity index is 2.23. The predicted molar refractivity (Wildman–Crippen MR) is 66.9 cm³/mol. The third kappa shape index (κ3) is 2.86. The third-order valence-corrected chi connectivity index (χ3v) is 3.22. The first-order valence-electron chi connectivity index (χ1n) is 6.19. The first-order valence-corrected chi connectivity index (χ1v) is 6.19. The van der Waals surface area contributed by atoms with Crippen LogP contribution in [0.4, 0.5) is 0 Å². The Morgan fingerprint density at radius 1 is 1.35 bits per heavy atom. The molecule has 17 heavy (non-hydrogen) atoms. The lowest BCUT2D eigenvalue weighted by Gasteiger charge is -2.16. The molecular weight excluding hydrogens is 214 g/mol. The van der Waals surface area contributed by atoms with Crippen molar-refractivity contribution in [3.8, 4) is 5.88 Å². The molecule has 0 spiro atoms. The minimum atomic E-state index is -0.572. The van der Waals surface area contributed by atoms with Gasteiger partial charge in [0.15, 0.2) is 0 Å². The summed E-state index contributed by atoms with van der Waals surface area (Å²) in [6.07, 6.45) is 8.94. The topological polar surface area (TPSA) is 42.4 Å². The second-order valence-corrected chi connectivity index (χ2v) is 4.38.